The van der Waals surface area contributed by atoms with Crippen molar-refractivity contribution in [2.24, 2.45) is 0 Å². The van der Waals surface area contributed by atoms with E-state index in [1.54, 1.807) is 18.2 Å². The molecular formula is C22H27ClN2O2. The third kappa shape index (κ3) is 4.75. The van der Waals surface area contributed by atoms with E-state index in [9.17, 15) is 9.90 Å². The minimum Gasteiger partial charge on any atom is -0.508 e. The van der Waals surface area contributed by atoms with Crippen LogP contribution in [0.5, 0.6) is 5.75 Å². The van der Waals surface area contributed by atoms with Crippen molar-refractivity contribution in [1.29, 1.82) is 0 Å². The molecule has 1 amide bonds. The monoisotopic (exact) mass is 386 g/mol. The largest absolute Gasteiger partial charge is 0.508 e. The van der Waals surface area contributed by atoms with Gasteiger partial charge in [-0.3, -0.25) is 4.79 Å². The molecule has 2 aromatic carbocycles. The number of rotatable bonds is 5. The van der Waals surface area contributed by atoms with Crippen LogP contribution in [-0.2, 0) is 5.41 Å². The number of phenols is 1. The molecule has 5 heteroatoms. The Morgan fingerprint density at radius 3 is 2.44 bits per heavy atom. The minimum atomic E-state index is -0.257. The second-order valence-corrected chi connectivity index (χ2v) is 8.26. The average molecular weight is 387 g/mol. The minimum absolute atomic E-state index is 0.107. The van der Waals surface area contributed by atoms with Gasteiger partial charge in [-0.15, -0.1) is 0 Å². The summed E-state index contributed by atoms with van der Waals surface area (Å²) in [4.78, 5) is 15.2. The number of aromatic hydroxyl groups is 1. The second-order valence-electron chi connectivity index (χ2n) is 7.82. The molecule has 1 saturated heterocycles. The topological polar surface area (TPSA) is 52.6 Å². The predicted octanol–water partition coefficient (Wildman–Crippen LogP) is 4.74. The summed E-state index contributed by atoms with van der Waals surface area (Å²) < 4.78 is 0. The van der Waals surface area contributed by atoms with Crippen LogP contribution in [0.4, 0.5) is 5.69 Å². The smallest absolute Gasteiger partial charge is 0.253 e. The summed E-state index contributed by atoms with van der Waals surface area (Å²) in [6.45, 7) is 6.58. The van der Waals surface area contributed by atoms with Crippen molar-refractivity contribution in [3.8, 4) is 5.75 Å². The number of nitrogens with zero attached hydrogens (tertiary/aromatic N) is 1. The first-order valence-corrected chi connectivity index (χ1v) is 9.87. The highest BCUT2D eigenvalue weighted by atomic mass is 35.5. The summed E-state index contributed by atoms with van der Waals surface area (Å²) in [5.41, 5.74) is 2.39. The molecule has 2 N–H and O–H groups in total. The number of piperidine rings is 1. The van der Waals surface area contributed by atoms with Gasteiger partial charge in [0, 0.05) is 35.8 Å². The van der Waals surface area contributed by atoms with Crippen molar-refractivity contribution < 1.29 is 9.90 Å². The molecule has 1 aliphatic heterocycles. The number of carbonyl (C=O) groups is 1. The molecule has 3 rings (SSSR count). The number of phenolic OH excluding ortho intramolecular Hbond substituents is 1. The van der Waals surface area contributed by atoms with E-state index < -0.39 is 0 Å². The summed E-state index contributed by atoms with van der Waals surface area (Å²) in [6.07, 6.45) is 3.54. The first kappa shape index (κ1) is 19.6. The first-order valence-electron chi connectivity index (χ1n) is 9.49. The molecule has 1 heterocycles. The van der Waals surface area contributed by atoms with E-state index in [4.69, 9.17) is 11.6 Å². The normalized spacial score (nSPS) is 14.9. The zero-order chi connectivity index (χ0) is 19.4. The average Bonchev–Trinajstić information content (AvgIpc) is 2.67. The molecular weight excluding hydrogens is 360 g/mol. The van der Waals surface area contributed by atoms with E-state index in [2.05, 4.69) is 24.1 Å². The van der Waals surface area contributed by atoms with Gasteiger partial charge in [-0.25, -0.2) is 0 Å². The molecule has 0 aromatic heterocycles. The maximum Gasteiger partial charge on any atom is 0.253 e. The van der Waals surface area contributed by atoms with Gasteiger partial charge in [0.25, 0.3) is 5.91 Å². The van der Waals surface area contributed by atoms with Crippen LogP contribution in [0, 0.1) is 0 Å². The Balaban J connectivity index is 1.75. The standard InChI is InChI=1S/C22H27ClN2O2/c1-22(2,16-6-9-18(26)10-7-16)15-24-21(27)19-14-17(23)8-11-20(19)25-12-4-3-5-13-25/h6-11,14,26H,3-5,12-13,15H2,1-2H3,(H,24,27). The molecule has 0 unspecified atom stereocenters. The Morgan fingerprint density at radius 1 is 1.11 bits per heavy atom. The fourth-order valence-electron chi connectivity index (χ4n) is 3.51. The highest BCUT2D eigenvalue weighted by Crippen LogP contribution is 2.28. The van der Waals surface area contributed by atoms with Gasteiger partial charge in [0.2, 0.25) is 0 Å². The number of carbonyl (C=O) groups excluding carboxylic acids is 1. The number of halogens is 1. The Morgan fingerprint density at radius 2 is 1.78 bits per heavy atom. The zero-order valence-corrected chi connectivity index (χ0v) is 16.7. The third-order valence-electron chi connectivity index (χ3n) is 5.24. The van der Waals surface area contributed by atoms with Crippen molar-refractivity contribution in [2.75, 3.05) is 24.5 Å². The van der Waals surface area contributed by atoms with Gasteiger partial charge in [0.15, 0.2) is 0 Å². The van der Waals surface area contributed by atoms with Crippen LogP contribution in [0.15, 0.2) is 42.5 Å². The van der Waals surface area contributed by atoms with E-state index in [1.165, 1.54) is 6.42 Å². The SMILES string of the molecule is CC(C)(CNC(=O)c1cc(Cl)ccc1N1CCCCC1)c1ccc(O)cc1. The lowest BCUT2D eigenvalue weighted by Gasteiger charge is -2.31. The number of anilines is 1. The fraction of sp³-hybridized carbons (Fsp3) is 0.409. The highest BCUT2D eigenvalue weighted by molar-refractivity contribution is 6.31. The maximum absolute atomic E-state index is 13.0. The lowest BCUT2D eigenvalue weighted by Crippen LogP contribution is -2.38. The van der Waals surface area contributed by atoms with Gasteiger partial charge in [-0.05, 0) is 55.2 Å². The summed E-state index contributed by atoms with van der Waals surface area (Å²) in [5.74, 6) is 0.133. The third-order valence-corrected chi connectivity index (χ3v) is 5.47. The van der Waals surface area contributed by atoms with Gasteiger partial charge in [-0.2, -0.15) is 0 Å². The van der Waals surface area contributed by atoms with Crippen LogP contribution >= 0.6 is 11.6 Å². The Labute approximate surface area is 166 Å². The molecule has 0 bridgehead atoms. The fourth-order valence-corrected chi connectivity index (χ4v) is 3.68. The van der Waals surface area contributed by atoms with Crippen molar-refractivity contribution in [3.05, 3.63) is 58.6 Å². The summed E-state index contributed by atoms with van der Waals surface area (Å²) in [6, 6.07) is 12.7. The van der Waals surface area contributed by atoms with E-state index in [0.29, 0.717) is 17.1 Å². The zero-order valence-electron chi connectivity index (χ0n) is 16.0. The van der Waals surface area contributed by atoms with Gasteiger partial charge in [0.05, 0.1) is 5.56 Å². The van der Waals surface area contributed by atoms with Gasteiger partial charge < -0.3 is 15.3 Å². The first-order chi connectivity index (χ1) is 12.9. The van der Waals surface area contributed by atoms with Crippen LogP contribution in [0.1, 0.15) is 49.0 Å². The summed E-state index contributed by atoms with van der Waals surface area (Å²) in [5, 5.41) is 13.1. The second kappa shape index (κ2) is 8.22. The van der Waals surface area contributed by atoms with Gasteiger partial charge in [-0.1, -0.05) is 37.6 Å². The van der Waals surface area contributed by atoms with Crippen molar-refractivity contribution in [1.82, 2.24) is 5.32 Å². The lowest BCUT2D eigenvalue weighted by atomic mass is 9.84. The van der Waals surface area contributed by atoms with Crippen LogP contribution < -0.4 is 10.2 Å². The number of hydrogen-bond donors (Lipinski definition) is 2. The van der Waals surface area contributed by atoms with Crippen LogP contribution in [0.25, 0.3) is 0 Å². The van der Waals surface area contributed by atoms with Gasteiger partial charge in [0.1, 0.15) is 5.75 Å². The molecule has 27 heavy (non-hydrogen) atoms. The predicted molar refractivity (Wildman–Crippen MR) is 111 cm³/mol. The van der Waals surface area contributed by atoms with Crippen LogP contribution in [-0.4, -0.2) is 30.6 Å². The summed E-state index contributed by atoms with van der Waals surface area (Å²) >= 11 is 6.18. The van der Waals surface area contributed by atoms with Crippen molar-refractivity contribution >= 4 is 23.2 Å². The molecule has 1 aliphatic rings. The highest BCUT2D eigenvalue weighted by Gasteiger charge is 2.24. The quantitative estimate of drug-likeness (QED) is 0.780. The molecule has 0 spiro atoms. The number of hydrogen-bond acceptors (Lipinski definition) is 3. The van der Waals surface area contributed by atoms with Crippen LogP contribution in [0.3, 0.4) is 0 Å². The van der Waals surface area contributed by atoms with Crippen molar-refractivity contribution in [2.45, 2.75) is 38.5 Å². The van der Waals surface area contributed by atoms with Crippen LogP contribution in [0.2, 0.25) is 5.02 Å². The molecule has 2 aromatic rings. The van der Waals surface area contributed by atoms with Crippen molar-refractivity contribution in [3.63, 3.8) is 0 Å². The molecule has 1 fully saturated rings. The number of nitrogens with one attached hydrogen (secondary N) is 1. The van der Waals surface area contributed by atoms with E-state index in [-0.39, 0.29) is 17.1 Å². The molecule has 144 valence electrons. The van der Waals surface area contributed by atoms with E-state index in [0.717, 1.165) is 37.2 Å². The molecule has 0 atom stereocenters. The molecule has 0 aliphatic carbocycles. The molecule has 0 saturated carbocycles. The van der Waals surface area contributed by atoms with Gasteiger partial charge >= 0.3 is 0 Å². The number of benzene rings is 2. The Bertz CT molecular complexity index is 796. The van der Waals surface area contributed by atoms with E-state index in [1.807, 2.05) is 24.3 Å². The molecule has 0 radical (unpaired) electrons. The number of amides is 1. The maximum atomic E-state index is 13.0. The summed E-state index contributed by atoms with van der Waals surface area (Å²) in [7, 11) is 0. The molecule has 4 nitrogen and oxygen atoms in total. The lowest BCUT2D eigenvalue weighted by molar-refractivity contribution is 0.0946. The Hall–Kier alpha value is -2.20. The Kier molecular flexibility index (Phi) is 5.95. The van der Waals surface area contributed by atoms with E-state index >= 15 is 0 Å².